The lowest BCUT2D eigenvalue weighted by atomic mass is 10.1. The van der Waals surface area contributed by atoms with Gasteiger partial charge in [-0.3, -0.25) is 29.1 Å². The molecule has 10 N–H and O–H groups in total. The lowest BCUT2D eigenvalue weighted by Crippen LogP contribution is -2.29. The SMILES string of the molecule is COc1cccc(C(C)NC(=O)c2ccnc(C(=O)NC(C)c3cccc(OC)c3)c2)c1.NCCc1ccc(O)cc1.NCCc1ccc(O)cc1.O=C(NCc1cccc(OC(F)(F)F)c1)c1ccnc(C(=O)NCc2cccc(OC(F)(F)F)c2)c1. The van der Waals surface area contributed by atoms with E-state index in [4.69, 9.17) is 31.2 Å². The number of rotatable bonds is 20. The molecule has 0 spiro atoms. The molecule has 24 heteroatoms. The highest BCUT2D eigenvalue weighted by atomic mass is 19.4. The number of carbonyl (C=O) groups excluding carboxylic acids is 4. The Morgan fingerprint density at radius 1 is 0.466 bits per heavy atom. The van der Waals surface area contributed by atoms with Crippen molar-refractivity contribution in [2.75, 3.05) is 27.3 Å². The molecule has 0 fully saturated rings. The van der Waals surface area contributed by atoms with Gasteiger partial charge in [0.2, 0.25) is 0 Å². The van der Waals surface area contributed by atoms with Crippen molar-refractivity contribution >= 4 is 23.6 Å². The van der Waals surface area contributed by atoms with E-state index >= 15 is 0 Å². The van der Waals surface area contributed by atoms with E-state index in [-0.39, 0.29) is 53.9 Å². The van der Waals surface area contributed by atoms with Gasteiger partial charge in [0.1, 0.15) is 45.9 Å². The molecule has 2 aromatic heterocycles. The van der Waals surface area contributed by atoms with Crippen LogP contribution in [-0.2, 0) is 25.9 Å². The molecule has 8 aromatic rings. The highest BCUT2D eigenvalue weighted by molar-refractivity contribution is 5.99. The number of phenols is 2. The van der Waals surface area contributed by atoms with Crippen molar-refractivity contribution in [1.29, 1.82) is 0 Å². The van der Waals surface area contributed by atoms with E-state index in [1.54, 1.807) is 44.6 Å². The van der Waals surface area contributed by atoms with E-state index in [9.17, 15) is 45.5 Å². The number of aromatic hydroxyl groups is 2. The van der Waals surface area contributed by atoms with Gasteiger partial charge in [0, 0.05) is 36.6 Å². The second-order valence-electron chi connectivity index (χ2n) is 19.0. The molecule has 8 rings (SSSR count). The Kier molecular flexibility index (Phi) is 26.6. The fraction of sp³-hybridized carbons (Fsp3) is 0.219. The lowest BCUT2D eigenvalue weighted by molar-refractivity contribution is -0.275. The van der Waals surface area contributed by atoms with Crippen molar-refractivity contribution in [2.45, 2.75) is 64.6 Å². The molecule has 4 amide bonds. The predicted octanol–water partition coefficient (Wildman–Crippen LogP) is 10.6. The molecule has 0 bridgehead atoms. The number of ether oxygens (including phenoxy) is 4. The summed E-state index contributed by atoms with van der Waals surface area (Å²) in [4.78, 5) is 58.3. The monoisotopic (exact) mass is 1220 g/mol. The van der Waals surface area contributed by atoms with Crippen LogP contribution in [0.1, 0.15) is 101 Å². The number of methoxy groups -OCH3 is 2. The van der Waals surface area contributed by atoms with Crippen molar-refractivity contribution in [2.24, 2.45) is 11.5 Å². The first kappa shape index (κ1) is 68.6. The maximum absolute atomic E-state index is 12.8. The zero-order chi connectivity index (χ0) is 64.2. The Labute approximate surface area is 503 Å². The fourth-order valence-electron chi connectivity index (χ4n) is 7.85. The van der Waals surface area contributed by atoms with Crippen molar-refractivity contribution < 1.29 is 74.7 Å². The number of amides is 4. The first-order chi connectivity index (χ1) is 41.9. The standard InChI is InChI=1S/C25H27N3O4.C23H17F6N3O4.2C8H11NO/c1-16(18-7-5-9-21(13-18)31-3)27-24(29)20-11-12-26-23(15-20)25(30)28-17(2)19-8-6-10-22(14-19)32-4;24-22(25,26)35-17-5-1-3-14(9-17)12-31-20(33)16-7-8-30-19(11-16)21(34)32-13-15-4-2-6-18(10-15)36-23(27,28)29;2*9-6-5-7-1-3-8(10)4-2-7/h5-17H,1-4H3,(H,27,29)(H,28,30);1-11H,12-13H2,(H,31,33)(H,32,34);2*1-4,10H,5-6,9H2. The van der Waals surface area contributed by atoms with Crippen LogP contribution in [0, 0.1) is 0 Å². The number of nitrogens with one attached hydrogen (secondary N) is 4. The zero-order valence-electron chi connectivity index (χ0n) is 48.2. The third-order valence-electron chi connectivity index (χ3n) is 12.3. The van der Waals surface area contributed by atoms with Gasteiger partial charge in [-0.25, -0.2) is 0 Å². The summed E-state index contributed by atoms with van der Waals surface area (Å²) >= 11 is 0. The molecular weight excluding hydrogens is 1150 g/mol. The van der Waals surface area contributed by atoms with Crippen molar-refractivity contribution in [1.82, 2.24) is 31.2 Å². The van der Waals surface area contributed by atoms with Crippen LogP contribution in [0.25, 0.3) is 0 Å². The van der Waals surface area contributed by atoms with Gasteiger partial charge in [0.05, 0.1) is 26.3 Å². The number of phenolic OH excluding ortho intramolecular Hbond substituents is 2. The van der Waals surface area contributed by atoms with Gasteiger partial charge in [-0.15, -0.1) is 26.3 Å². The number of aromatic nitrogens is 2. The van der Waals surface area contributed by atoms with E-state index in [1.807, 2.05) is 86.6 Å². The molecule has 0 aliphatic carbocycles. The lowest BCUT2D eigenvalue weighted by Gasteiger charge is -2.16. The molecule has 18 nitrogen and oxygen atoms in total. The molecule has 0 aliphatic rings. The Balaban J connectivity index is 0.000000244. The number of halogens is 6. The molecule has 0 saturated carbocycles. The summed E-state index contributed by atoms with van der Waals surface area (Å²) in [5.74, 6) is -0.805. The molecule has 6 aromatic carbocycles. The van der Waals surface area contributed by atoms with Gasteiger partial charge in [-0.05, 0) is 170 Å². The quantitative estimate of drug-likeness (QED) is 0.0330. The minimum absolute atomic E-state index is 0.0541. The summed E-state index contributed by atoms with van der Waals surface area (Å²) in [5.41, 5.74) is 15.9. The summed E-state index contributed by atoms with van der Waals surface area (Å²) in [6.07, 6.45) is -5.29. The number of hydrogen-bond acceptors (Lipinski definition) is 14. The zero-order valence-corrected chi connectivity index (χ0v) is 48.2. The molecule has 88 heavy (non-hydrogen) atoms. The minimum atomic E-state index is -4.85. The largest absolute Gasteiger partial charge is 0.573 e. The van der Waals surface area contributed by atoms with Gasteiger partial charge in [0.15, 0.2) is 0 Å². The highest BCUT2D eigenvalue weighted by Gasteiger charge is 2.32. The number of pyridine rings is 2. The summed E-state index contributed by atoms with van der Waals surface area (Å²) < 4.78 is 92.3. The van der Waals surface area contributed by atoms with Gasteiger partial charge < -0.3 is 61.9 Å². The van der Waals surface area contributed by atoms with Crippen LogP contribution >= 0.6 is 0 Å². The molecule has 0 saturated heterocycles. The molecule has 2 heterocycles. The van der Waals surface area contributed by atoms with Crippen molar-refractivity contribution in [3.8, 4) is 34.5 Å². The summed E-state index contributed by atoms with van der Waals surface area (Å²) in [6, 6.07) is 44.4. The second-order valence-corrected chi connectivity index (χ2v) is 19.0. The van der Waals surface area contributed by atoms with Crippen LogP contribution in [0.15, 0.2) is 182 Å². The van der Waals surface area contributed by atoms with E-state index in [0.29, 0.717) is 47.0 Å². The van der Waals surface area contributed by atoms with Crippen molar-refractivity contribution in [3.05, 3.63) is 238 Å². The summed E-state index contributed by atoms with van der Waals surface area (Å²) in [6.45, 7) is 4.82. The number of hydrogen-bond donors (Lipinski definition) is 8. The van der Waals surface area contributed by atoms with E-state index in [0.717, 1.165) is 54.0 Å². The highest BCUT2D eigenvalue weighted by Crippen LogP contribution is 2.26. The smallest absolute Gasteiger partial charge is 0.508 e. The third kappa shape index (κ3) is 24.4. The van der Waals surface area contributed by atoms with Gasteiger partial charge in [0.25, 0.3) is 23.6 Å². The Hall–Kier alpha value is -10.2. The van der Waals surface area contributed by atoms with E-state index in [1.165, 1.54) is 66.0 Å². The van der Waals surface area contributed by atoms with Gasteiger partial charge in [-0.2, -0.15) is 0 Å². The predicted molar refractivity (Wildman–Crippen MR) is 317 cm³/mol. The first-order valence-corrected chi connectivity index (χ1v) is 27.0. The Morgan fingerprint density at radius 2 is 0.841 bits per heavy atom. The molecule has 2 unspecified atom stereocenters. The fourth-order valence-corrected chi connectivity index (χ4v) is 7.85. The minimum Gasteiger partial charge on any atom is -0.508 e. The van der Waals surface area contributed by atoms with Crippen molar-refractivity contribution in [3.63, 3.8) is 0 Å². The number of nitrogens with two attached hydrogens (primary N) is 2. The molecule has 0 aliphatic heterocycles. The van der Waals surface area contributed by atoms with Crippen LogP contribution < -0.4 is 51.7 Å². The van der Waals surface area contributed by atoms with Gasteiger partial charge in [-0.1, -0.05) is 72.8 Å². The van der Waals surface area contributed by atoms with E-state index in [2.05, 4.69) is 40.7 Å². The average Bonchev–Trinajstić information content (AvgIpc) is 3.47. The molecule has 464 valence electrons. The second kappa shape index (κ2) is 34.1. The van der Waals surface area contributed by atoms with Crippen LogP contribution in [0.2, 0.25) is 0 Å². The van der Waals surface area contributed by atoms with E-state index < -0.39 is 36.0 Å². The Morgan fingerprint density at radius 3 is 1.25 bits per heavy atom. The van der Waals surface area contributed by atoms with Crippen LogP contribution in [-0.4, -0.2) is 83.8 Å². The topological polar surface area (TPSA) is 272 Å². The first-order valence-electron chi connectivity index (χ1n) is 27.0. The number of carbonyl (C=O) groups is 4. The molecular formula is C64H66F6N8O10. The number of benzene rings is 6. The normalized spacial score (nSPS) is 11.4. The van der Waals surface area contributed by atoms with Crippen LogP contribution in [0.5, 0.6) is 34.5 Å². The van der Waals surface area contributed by atoms with Crippen LogP contribution in [0.3, 0.4) is 0 Å². The Bertz CT molecular complexity index is 3300. The number of nitrogens with zero attached hydrogens (tertiary/aromatic N) is 2. The average molecular weight is 1220 g/mol. The van der Waals surface area contributed by atoms with Crippen LogP contribution in [0.4, 0.5) is 26.3 Å². The third-order valence-corrected chi connectivity index (χ3v) is 12.3. The van der Waals surface area contributed by atoms with Gasteiger partial charge >= 0.3 is 12.7 Å². The summed E-state index contributed by atoms with van der Waals surface area (Å²) in [7, 11) is 3.19. The maximum atomic E-state index is 12.8. The molecule has 0 radical (unpaired) electrons. The maximum Gasteiger partial charge on any atom is 0.573 e. The summed E-state index contributed by atoms with van der Waals surface area (Å²) in [5, 5.41) is 28.6. The number of alkyl halides is 6. The molecule has 2 atom stereocenters.